The first-order valence-electron chi connectivity index (χ1n) is 7.67. The smallest absolute Gasteiger partial charge is 0.250 e. The van der Waals surface area contributed by atoms with Gasteiger partial charge in [0.05, 0.1) is 0 Å². The van der Waals surface area contributed by atoms with Crippen LogP contribution in [0.25, 0.3) is 11.1 Å². The molecule has 136 valence electrons. The quantitative estimate of drug-likeness (QED) is 0.285. The van der Waals surface area contributed by atoms with Gasteiger partial charge in [-0.3, -0.25) is 0 Å². The topological polar surface area (TPSA) is 9.23 Å². The van der Waals surface area contributed by atoms with Crippen LogP contribution in [0.4, 0.5) is 17.6 Å². The van der Waals surface area contributed by atoms with Crippen LogP contribution >= 0.6 is 15.9 Å². The summed E-state index contributed by atoms with van der Waals surface area (Å²) < 4.78 is 63.5. The molecular weight excluding hydrogens is 416 g/mol. The molecular formula is C18H19BrF4OSi. The molecule has 25 heavy (non-hydrogen) atoms. The molecule has 0 saturated heterocycles. The van der Waals surface area contributed by atoms with Crippen LogP contribution in [-0.2, 0) is 0 Å². The molecule has 0 aliphatic heterocycles. The Morgan fingerprint density at radius 1 is 0.880 bits per heavy atom. The molecule has 0 unspecified atom stereocenters. The van der Waals surface area contributed by atoms with Crippen molar-refractivity contribution in [1.82, 2.24) is 0 Å². The van der Waals surface area contributed by atoms with Crippen molar-refractivity contribution in [2.75, 3.05) is 0 Å². The van der Waals surface area contributed by atoms with Gasteiger partial charge in [0.2, 0.25) is 5.82 Å². The molecule has 0 aliphatic rings. The fourth-order valence-electron chi connectivity index (χ4n) is 1.98. The van der Waals surface area contributed by atoms with Crippen LogP contribution in [0, 0.1) is 23.3 Å². The molecule has 0 fully saturated rings. The zero-order valence-corrected chi connectivity index (χ0v) is 17.2. The van der Waals surface area contributed by atoms with Gasteiger partial charge in [-0.05, 0) is 36.3 Å². The van der Waals surface area contributed by atoms with Gasteiger partial charge in [-0.15, -0.1) is 0 Å². The summed E-state index contributed by atoms with van der Waals surface area (Å²) in [6.07, 6.45) is 0. The Kier molecular flexibility index (Phi) is 5.40. The van der Waals surface area contributed by atoms with Crippen molar-refractivity contribution in [3.63, 3.8) is 0 Å². The summed E-state index contributed by atoms with van der Waals surface area (Å²) in [4.78, 5) is 0. The van der Waals surface area contributed by atoms with Gasteiger partial charge in [0.1, 0.15) is 5.82 Å². The van der Waals surface area contributed by atoms with E-state index in [0.29, 0.717) is 4.47 Å². The molecule has 2 aromatic carbocycles. The van der Waals surface area contributed by atoms with Crippen molar-refractivity contribution in [2.24, 2.45) is 0 Å². The summed E-state index contributed by atoms with van der Waals surface area (Å²) in [6, 6.07) is 4.59. The lowest BCUT2D eigenvalue weighted by Crippen LogP contribution is -2.44. The fourth-order valence-corrected chi connectivity index (χ4v) is 3.32. The highest BCUT2D eigenvalue weighted by atomic mass is 79.9. The lowest BCUT2D eigenvalue weighted by molar-refractivity contribution is 0.402. The monoisotopic (exact) mass is 434 g/mol. The van der Waals surface area contributed by atoms with Crippen molar-refractivity contribution in [2.45, 2.75) is 38.9 Å². The highest BCUT2D eigenvalue weighted by Crippen LogP contribution is 2.41. The van der Waals surface area contributed by atoms with Crippen LogP contribution in [-0.4, -0.2) is 8.32 Å². The summed E-state index contributed by atoms with van der Waals surface area (Å²) in [5.41, 5.74) is -0.708. The SMILES string of the molecule is CC(C)(C)[Si](C)(C)Oc1c(F)cc(-c2ccc(Br)cc2F)c(F)c1F. The van der Waals surface area contributed by atoms with E-state index >= 15 is 0 Å². The fraction of sp³-hybridized carbons (Fsp3) is 0.333. The second-order valence-corrected chi connectivity index (χ2v) is 13.0. The van der Waals surface area contributed by atoms with Crippen molar-refractivity contribution >= 4 is 24.2 Å². The van der Waals surface area contributed by atoms with E-state index in [1.807, 2.05) is 20.8 Å². The molecule has 0 saturated carbocycles. The average Bonchev–Trinajstić information content (AvgIpc) is 2.47. The van der Waals surface area contributed by atoms with Gasteiger partial charge in [-0.2, -0.15) is 4.39 Å². The predicted octanol–water partition coefficient (Wildman–Crippen LogP) is 7.06. The average molecular weight is 435 g/mol. The first-order valence-corrected chi connectivity index (χ1v) is 11.4. The third-order valence-corrected chi connectivity index (χ3v) is 9.32. The third kappa shape index (κ3) is 3.92. The van der Waals surface area contributed by atoms with E-state index in [0.717, 1.165) is 12.1 Å². The summed E-state index contributed by atoms with van der Waals surface area (Å²) in [5, 5.41) is -0.321. The predicted molar refractivity (Wildman–Crippen MR) is 97.2 cm³/mol. The number of halogens is 5. The Hall–Kier alpha value is -1.34. The van der Waals surface area contributed by atoms with Crippen LogP contribution in [0.15, 0.2) is 28.7 Å². The minimum atomic E-state index is -2.57. The maximum atomic E-state index is 14.5. The molecule has 0 aromatic heterocycles. The van der Waals surface area contributed by atoms with E-state index in [1.54, 1.807) is 13.1 Å². The van der Waals surface area contributed by atoms with Crippen LogP contribution in [0.3, 0.4) is 0 Å². The zero-order valence-electron chi connectivity index (χ0n) is 14.6. The summed E-state index contributed by atoms with van der Waals surface area (Å²) >= 11 is 3.08. The van der Waals surface area contributed by atoms with E-state index in [4.69, 9.17) is 4.43 Å². The Balaban J connectivity index is 2.57. The molecule has 0 bridgehead atoms. The summed E-state index contributed by atoms with van der Waals surface area (Å²) in [7, 11) is -2.57. The summed E-state index contributed by atoms with van der Waals surface area (Å²) in [5.74, 6) is -5.37. The lowest BCUT2D eigenvalue weighted by Gasteiger charge is -2.36. The van der Waals surface area contributed by atoms with E-state index in [9.17, 15) is 17.6 Å². The van der Waals surface area contributed by atoms with Gasteiger partial charge < -0.3 is 4.43 Å². The molecule has 0 N–H and O–H groups in total. The van der Waals surface area contributed by atoms with Crippen molar-refractivity contribution in [3.8, 4) is 16.9 Å². The van der Waals surface area contributed by atoms with Crippen LogP contribution in [0.5, 0.6) is 5.75 Å². The van der Waals surface area contributed by atoms with Gasteiger partial charge in [0, 0.05) is 15.6 Å². The Bertz CT molecular complexity index is 816. The molecule has 0 aliphatic carbocycles. The number of rotatable bonds is 3. The first kappa shape index (κ1) is 20.0. The maximum Gasteiger partial charge on any atom is 0.250 e. The highest BCUT2D eigenvalue weighted by Gasteiger charge is 2.40. The molecule has 0 spiro atoms. The van der Waals surface area contributed by atoms with Gasteiger partial charge >= 0.3 is 0 Å². The summed E-state index contributed by atoms with van der Waals surface area (Å²) in [6.45, 7) is 9.29. The Morgan fingerprint density at radius 3 is 2.00 bits per heavy atom. The van der Waals surface area contributed by atoms with Crippen molar-refractivity contribution < 1.29 is 22.0 Å². The van der Waals surface area contributed by atoms with Gasteiger partial charge in [0.15, 0.2) is 17.4 Å². The van der Waals surface area contributed by atoms with Crippen molar-refractivity contribution in [1.29, 1.82) is 0 Å². The minimum Gasteiger partial charge on any atom is -0.540 e. The van der Waals surface area contributed by atoms with Crippen LogP contribution in [0.2, 0.25) is 18.1 Å². The highest BCUT2D eigenvalue weighted by molar-refractivity contribution is 9.10. The zero-order chi connectivity index (χ0) is 19.2. The molecule has 0 radical (unpaired) electrons. The minimum absolute atomic E-state index is 0.225. The molecule has 0 amide bonds. The molecule has 2 aromatic rings. The van der Waals surface area contributed by atoms with E-state index < -0.39 is 42.9 Å². The maximum absolute atomic E-state index is 14.5. The lowest BCUT2D eigenvalue weighted by atomic mass is 10.0. The van der Waals surface area contributed by atoms with Crippen LogP contribution in [0.1, 0.15) is 20.8 Å². The molecule has 2 rings (SSSR count). The first-order chi connectivity index (χ1) is 11.3. The molecule has 0 atom stereocenters. The van der Waals surface area contributed by atoms with E-state index in [2.05, 4.69) is 15.9 Å². The molecule has 7 heteroatoms. The second kappa shape index (κ2) is 6.76. The largest absolute Gasteiger partial charge is 0.540 e. The third-order valence-electron chi connectivity index (χ3n) is 4.50. The molecule has 0 heterocycles. The number of hydrogen-bond donors (Lipinski definition) is 0. The normalized spacial score (nSPS) is 12.4. The Morgan fingerprint density at radius 2 is 1.48 bits per heavy atom. The van der Waals surface area contributed by atoms with Gasteiger partial charge in [-0.25, -0.2) is 13.2 Å². The van der Waals surface area contributed by atoms with Gasteiger partial charge in [-0.1, -0.05) is 42.8 Å². The van der Waals surface area contributed by atoms with Crippen LogP contribution < -0.4 is 4.43 Å². The second-order valence-electron chi connectivity index (χ2n) is 7.35. The van der Waals surface area contributed by atoms with E-state index in [1.165, 1.54) is 12.1 Å². The Labute approximate surface area is 154 Å². The number of hydrogen-bond acceptors (Lipinski definition) is 1. The van der Waals surface area contributed by atoms with E-state index in [-0.39, 0.29) is 10.6 Å². The number of benzene rings is 2. The molecule has 1 nitrogen and oxygen atoms in total. The standard InChI is InChI=1S/C18H19BrF4OSi/c1-18(2,3)25(4,5)24-17-14(21)9-12(15(22)16(17)23)11-7-6-10(19)8-13(11)20/h6-9H,1-5H3. The van der Waals surface area contributed by atoms with Crippen molar-refractivity contribution in [3.05, 3.63) is 52.0 Å². The van der Waals surface area contributed by atoms with Gasteiger partial charge in [0.25, 0.3) is 8.32 Å².